The molecule has 4 heteroatoms. The summed E-state index contributed by atoms with van der Waals surface area (Å²) in [5, 5.41) is 0. The van der Waals surface area contributed by atoms with E-state index in [1.807, 2.05) is 0 Å². The zero-order chi connectivity index (χ0) is 9.68. The van der Waals surface area contributed by atoms with Crippen LogP contribution in [0.4, 0.5) is 0 Å². The summed E-state index contributed by atoms with van der Waals surface area (Å²) < 4.78 is 4.99. The number of ether oxygens (including phenoxy) is 1. The van der Waals surface area contributed by atoms with Gasteiger partial charge in [-0.1, -0.05) is 0 Å². The van der Waals surface area contributed by atoms with Crippen LogP contribution in [0.1, 0.15) is 16.9 Å². The highest BCUT2D eigenvalue weighted by Crippen LogP contribution is 2.15. The summed E-state index contributed by atoms with van der Waals surface area (Å²) in [6.07, 6.45) is 1.86. The molecule has 0 saturated heterocycles. The molecule has 0 spiro atoms. The van der Waals surface area contributed by atoms with Crippen molar-refractivity contribution in [3.63, 3.8) is 0 Å². The Hall–Kier alpha value is -1.42. The molecule has 2 N–H and O–H groups in total. The van der Waals surface area contributed by atoms with Gasteiger partial charge >= 0.3 is 0 Å². The number of Topliss-reactive ketones (excluding diaryl/α,β-unsaturated/α-hetero) is 1. The van der Waals surface area contributed by atoms with Gasteiger partial charge in [-0.25, -0.2) is 4.98 Å². The molecular weight excluding hydrogens is 168 g/mol. The number of carbonyl (C=O) groups excluding carboxylic acids is 1. The number of methoxy groups -OCH3 is 1. The minimum Gasteiger partial charge on any atom is -0.494 e. The normalized spacial score (nSPS) is 9.69. The number of rotatable bonds is 4. The monoisotopic (exact) mass is 180 g/mol. The molecule has 0 bridgehead atoms. The molecule has 0 aliphatic rings. The number of ketones is 1. The van der Waals surface area contributed by atoms with Crippen molar-refractivity contribution < 1.29 is 9.53 Å². The van der Waals surface area contributed by atoms with Crippen molar-refractivity contribution in [2.75, 3.05) is 13.7 Å². The minimum atomic E-state index is -0.0834. The molecule has 1 rings (SSSR count). The van der Waals surface area contributed by atoms with E-state index < -0.39 is 0 Å². The third-order valence-electron chi connectivity index (χ3n) is 1.63. The average molecular weight is 180 g/mol. The highest BCUT2D eigenvalue weighted by atomic mass is 16.5. The van der Waals surface area contributed by atoms with Crippen LogP contribution in [0.15, 0.2) is 18.3 Å². The molecule has 0 amide bonds. The lowest BCUT2D eigenvalue weighted by Gasteiger charge is -2.04. The van der Waals surface area contributed by atoms with Gasteiger partial charge in [-0.3, -0.25) is 4.79 Å². The van der Waals surface area contributed by atoms with Gasteiger partial charge in [0.1, 0.15) is 11.4 Å². The lowest BCUT2D eigenvalue weighted by atomic mass is 10.2. The van der Waals surface area contributed by atoms with Crippen LogP contribution in [0.3, 0.4) is 0 Å². The van der Waals surface area contributed by atoms with Crippen molar-refractivity contribution in [2.24, 2.45) is 5.73 Å². The zero-order valence-electron chi connectivity index (χ0n) is 7.49. The summed E-state index contributed by atoms with van der Waals surface area (Å²) in [5.41, 5.74) is 5.63. The third-order valence-corrected chi connectivity index (χ3v) is 1.63. The second-order valence-corrected chi connectivity index (χ2v) is 2.52. The Morgan fingerprint density at radius 2 is 2.46 bits per heavy atom. The first-order valence-corrected chi connectivity index (χ1v) is 4.02. The summed E-state index contributed by atoms with van der Waals surface area (Å²) >= 11 is 0. The lowest BCUT2D eigenvalue weighted by molar-refractivity contribution is 0.0977. The Balaban J connectivity index is 2.92. The summed E-state index contributed by atoms with van der Waals surface area (Å²) in [7, 11) is 1.51. The Morgan fingerprint density at radius 3 is 3.08 bits per heavy atom. The van der Waals surface area contributed by atoms with Crippen LogP contribution >= 0.6 is 0 Å². The molecule has 70 valence electrons. The highest BCUT2D eigenvalue weighted by Gasteiger charge is 2.11. The van der Waals surface area contributed by atoms with Crippen LogP contribution in [0.5, 0.6) is 5.75 Å². The van der Waals surface area contributed by atoms with Crippen molar-refractivity contribution in [2.45, 2.75) is 6.42 Å². The molecule has 0 saturated carbocycles. The van der Waals surface area contributed by atoms with Crippen molar-refractivity contribution in [1.82, 2.24) is 4.98 Å². The van der Waals surface area contributed by atoms with Gasteiger partial charge in [0.25, 0.3) is 0 Å². The Morgan fingerprint density at radius 1 is 1.69 bits per heavy atom. The molecule has 0 aliphatic heterocycles. The summed E-state index contributed by atoms with van der Waals surface area (Å²) in [6, 6.07) is 3.43. The van der Waals surface area contributed by atoms with Gasteiger partial charge in [0, 0.05) is 12.6 Å². The van der Waals surface area contributed by atoms with E-state index in [0.29, 0.717) is 24.4 Å². The van der Waals surface area contributed by atoms with Gasteiger partial charge in [-0.05, 0) is 18.7 Å². The molecule has 0 radical (unpaired) electrons. The topological polar surface area (TPSA) is 65.2 Å². The van der Waals surface area contributed by atoms with Gasteiger partial charge in [-0.15, -0.1) is 0 Å². The summed E-state index contributed by atoms with van der Waals surface area (Å²) in [4.78, 5) is 15.3. The molecule has 1 heterocycles. The fourth-order valence-corrected chi connectivity index (χ4v) is 1.01. The zero-order valence-corrected chi connectivity index (χ0v) is 7.49. The van der Waals surface area contributed by atoms with E-state index in [0.717, 1.165) is 0 Å². The van der Waals surface area contributed by atoms with E-state index in [4.69, 9.17) is 10.5 Å². The molecule has 1 aromatic rings. The Bertz CT molecular complexity index is 299. The summed E-state index contributed by atoms with van der Waals surface area (Å²) in [5.74, 6) is 0.418. The summed E-state index contributed by atoms with van der Waals surface area (Å²) in [6.45, 7) is 0.332. The predicted molar refractivity (Wildman–Crippen MR) is 48.8 cm³/mol. The highest BCUT2D eigenvalue weighted by molar-refractivity contribution is 5.96. The maximum Gasteiger partial charge on any atom is 0.186 e. The number of pyridine rings is 1. The molecule has 0 fully saturated rings. The molecule has 0 unspecified atom stereocenters. The van der Waals surface area contributed by atoms with E-state index in [1.165, 1.54) is 7.11 Å². The average Bonchev–Trinajstić information content (AvgIpc) is 2.18. The van der Waals surface area contributed by atoms with Crippen LogP contribution in [0.25, 0.3) is 0 Å². The molecular formula is C9H12N2O2. The first-order valence-electron chi connectivity index (χ1n) is 4.02. The standard InChI is InChI=1S/C9H12N2O2/c1-13-8-3-2-6-11-9(8)7(12)4-5-10/h2-3,6H,4-5,10H2,1H3. The van der Waals surface area contributed by atoms with Crippen molar-refractivity contribution in [3.8, 4) is 5.75 Å². The van der Waals surface area contributed by atoms with Crippen LogP contribution in [0.2, 0.25) is 0 Å². The smallest absolute Gasteiger partial charge is 0.186 e. The van der Waals surface area contributed by atoms with E-state index in [2.05, 4.69) is 4.98 Å². The van der Waals surface area contributed by atoms with Gasteiger partial charge in [0.2, 0.25) is 0 Å². The lowest BCUT2D eigenvalue weighted by Crippen LogP contribution is -2.10. The molecule has 0 aliphatic carbocycles. The van der Waals surface area contributed by atoms with Gasteiger partial charge in [-0.2, -0.15) is 0 Å². The number of carbonyl (C=O) groups is 1. The Kier molecular flexibility index (Phi) is 3.40. The number of nitrogens with two attached hydrogens (primary N) is 1. The second kappa shape index (κ2) is 4.57. The first-order chi connectivity index (χ1) is 6.29. The Labute approximate surface area is 76.7 Å². The molecule has 13 heavy (non-hydrogen) atoms. The van der Waals surface area contributed by atoms with Gasteiger partial charge in [0.15, 0.2) is 5.78 Å². The van der Waals surface area contributed by atoms with Crippen LogP contribution in [0, 0.1) is 0 Å². The van der Waals surface area contributed by atoms with Crippen LogP contribution in [-0.4, -0.2) is 24.4 Å². The number of aromatic nitrogens is 1. The fraction of sp³-hybridized carbons (Fsp3) is 0.333. The number of nitrogens with zero attached hydrogens (tertiary/aromatic N) is 1. The van der Waals surface area contributed by atoms with Gasteiger partial charge in [0.05, 0.1) is 7.11 Å². The third kappa shape index (κ3) is 2.26. The van der Waals surface area contributed by atoms with E-state index in [9.17, 15) is 4.79 Å². The quantitative estimate of drug-likeness (QED) is 0.690. The fourth-order valence-electron chi connectivity index (χ4n) is 1.01. The molecule has 0 atom stereocenters. The van der Waals surface area contributed by atoms with E-state index in [1.54, 1.807) is 18.3 Å². The SMILES string of the molecule is COc1cccnc1C(=O)CCN. The first kappa shape index (κ1) is 9.67. The second-order valence-electron chi connectivity index (χ2n) is 2.52. The molecule has 4 nitrogen and oxygen atoms in total. The molecule has 1 aromatic heterocycles. The largest absolute Gasteiger partial charge is 0.494 e. The maximum atomic E-state index is 11.4. The van der Waals surface area contributed by atoms with E-state index >= 15 is 0 Å². The number of hydrogen-bond acceptors (Lipinski definition) is 4. The predicted octanol–water partition coefficient (Wildman–Crippen LogP) is 0.622. The van der Waals surface area contributed by atoms with Crippen molar-refractivity contribution >= 4 is 5.78 Å². The van der Waals surface area contributed by atoms with Crippen LogP contribution in [-0.2, 0) is 0 Å². The maximum absolute atomic E-state index is 11.4. The minimum absolute atomic E-state index is 0.0834. The van der Waals surface area contributed by atoms with Crippen molar-refractivity contribution in [1.29, 1.82) is 0 Å². The number of hydrogen-bond donors (Lipinski definition) is 1. The van der Waals surface area contributed by atoms with Crippen LogP contribution < -0.4 is 10.5 Å². The molecule has 0 aromatic carbocycles. The van der Waals surface area contributed by atoms with Crippen molar-refractivity contribution in [3.05, 3.63) is 24.0 Å². The van der Waals surface area contributed by atoms with E-state index in [-0.39, 0.29) is 5.78 Å². The van der Waals surface area contributed by atoms with Gasteiger partial charge < -0.3 is 10.5 Å².